The van der Waals surface area contributed by atoms with Gasteiger partial charge in [0.15, 0.2) is 6.10 Å². The molecule has 0 unspecified atom stereocenters. The second kappa shape index (κ2) is 7.68. The third-order valence-electron chi connectivity index (χ3n) is 4.63. The molecule has 4 rings (SSSR count). The van der Waals surface area contributed by atoms with E-state index in [1.807, 2.05) is 72.3 Å². The lowest BCUT2D eigenvalue weighted by atomic mass is 10.1. The van der Waals surface area contributed by atoms with Gasteiger partial charge in [0, 0.05) is 23.8 Å². The predicted molar refractivity (Wildman–Crippen MR) is 106 cm³/mol. The molecule has 4 aromatic rings. The second-order valence-corrected chi connectivity index (χ2v) is 6.76. The van der Waals surface area contributed by atoms with Gasteiger partial charge in [0.2, 0.25) is 5.89 Å². The monoisotopic (exact) mass is 375 g/mol. The van der Waals surface area contributed by atoms with Crippen LogP contribution in [-0.2, 0) is 16.1 Å². The van der Waals surface area contributed by atoms with Crippen LogP contribution in [0.4, 0.5) is 0 Å². The van der Waals surface area contributed by atoms with E-state index in [1.54, 1.807) is 6.92 Å². The topological polar surface area (TPSA) is 70.2 Å². The highest BCUT2D eigenvalue weighted by Gasteiger charge is 2.19. The van der Waals surface area contributed by atoms with Crippen molar-refractivity contribution in [3.05, 3.63) is 72.2 Å². The third kappa shape index (κ3) is 3.81. The summed E-state index contributed by atoms with van der Waals surface area (Å²) in [6, 6.07) is 17.9. The molecule has 0 fully saturated rings. The molecule has 28 heavy (non-hydrogen) atoms. The normalized spacial score (nSPS) is 12.2. The van der Waals surface area contributed by atoms with Crippen molar-refractivity contribution in [3.63, 3.8) is 0 Å². The number of benzene rings is 2. The smallest absolute Gasteiger partial charge is 0.308 e. The molecule has 0 spiro atoms. The first-order valence-corrected chi connectivity index (χ1v) is 9.24. The van der Waals surface area contributed by atoms with Gasteiger partial charge in [0.1, 0.15) is 0 Å². The van der Waals surface area contributed by atoms with Crippen LogP contribution in [0.15, 0.2) is 65.2 Å². The van der Waals surface area contributed by atoms with Gasteiger partial charge in [-0.3, -0.25) is 4.79 Å². The molecule has 0 N–H and O–H groups in total. The van der Waals surface area contributed by atoms with Crippen molar-refractivity contribution in [3.8, 4) is 11.5 Å². The van der Waals surface area contributed by atoms with Crippen LogP contribution >= 0.6 is 0 Å². The van der Waals surface area contributed by atoms with Crippen molar-refractivity contribution < 1.29 is 13.9 Å². The molecule has 2 heterocycles. The van der Waals surface area contributed by atoms with Crippen molar-refractivity contribution in [1.82, 2.24) is 14.8 Å². The maximum Gasteiger partial charge on any atom is 0.308 e. The average Bonchev–Trinajstić information content (AvgIpc) is 3.34. The largest absolute Gasteiger partial charge is 0.453 e. The molecule has 0 bridgehead atoms. The quantitative estimate of drug-likeness (QED) is 0.457. The van der Waals surface area contributed by atoms with E-state index in [1.165, 1.54) is 0 Å². The van der Waals surface area contributed by atoms with E-state index >= 15 is 0 Å². The van der Waals surface area contributed by atoms with E-state index in [-0.39, 0.29) is 18.3 Å². The third-order valence-corrected chi connectivity index (χ3v) is 4.63. The molecule has 0 aliphatic heterocycles. The Morgan fingerprint density at radius 1 is 1.11 bits per heavy atom. The number of carbonyl (C=O) groups excluding carboxylic acids is 1. The lowest BCUT2D eigenvalue weighted by Gasteiger charge is -2.10. The Balaban J connectivity index is 1.36. The zero-order valence-electron chi connectivity index (χ0n) is 15.8. The molecule has 6 heteroatoms. The molecule has 0 saturated carbocycles. The van der Waals surface area contributed by atoms with Crippen LogP contribution in [0.5, 0.6) is 0 Å². The van der Waals surface area contributed by atoms with Crippen molar-refractivity contribution in [2.24, 2.45) is 0 Å². The molecular weight excluding hydrogens is 354 g/mol. The minimum atomic E-state index is -0.597. The number of esters is 1. The van der Waals surface area contributed by atoms with Gasteiger partial charge >= 0.3 is 5.97 Å². The summed E-state index contributed by atoms with van der Waals surface area (Å²) in [5.41, 5.74) is 3.09. The highest BCUT2D eigenvalue weighted by atomic mass is 16.6. The van der Waals surface area contributed by atoms with E-state index in [4.69, 9.17) is 9.15 Å². The van der Waals surface area contributed by atoms with Crippen molar-refractivity contribution >= 4 is 16.9 Å². The molecule has 1 atom stereocenters. The fourth-order valence-electron chi connectivity index (χ4n) is 3.07. The lowest BCUT2D eigenvalue weighted by Crippen LogP contribution is -2.11. The first kappa shape index (κ1) is 18.0. The zero-order chi connectivity index (χ0) is 19.5. The molecule has 0 amide bonds. The molecule has 2 aromatic carbocycles. The van der Waals surface area contributed by atoms with Gasteiger partial charge in [0.05, 0.1) is 6.42 Å². The number of carbonyl (C=O) groups is 1. The average molecular weight is 375 g/mol. The molecule has 0 aliphatic carbocycles. The SMILES string of the molecule is Cc1ccc(-c2nnc([C@H](C)OC(=O)CCn3ccc4ccccc43)o2)cc1. The summed E-state index contributed by atoms with van der Waals surface area (Å²) >= 11 is 0. The minimum absolute atomic E-state index is 0.266. The van der Waals surface area contributed by atoms with Gasteiger partial charge in [0.25, 0.3) is 5.89 Å². The Hall–Kier alpha value is -3.41. The summed E-state index contributed by atoms with van der Waals surface area (Å²) in [5.74, 6) is 0.396. The van der Waals surface area contributed by atoms with Gasteiger partial charge < -0.3 is 13.7 Å². The molecule has 0 radical (unpaired) electrons. The second-order valence-electron chi connectivity index (χ2n) is 6.76. The van der Waals surface area contributed by atoms with Crippen molar-refractivity contribution in [2.45, 2.75) is 32.9 Å². The summed E-state index contributed by atoms with van der Waals surface area (Å²) in [6.07, 6.45) is 1.65. The van der Waals surface area contributed by atoms with Crippen LogP contribution in [-0.4, -0.2) is 20.7 Å². The van der Waals surface area contributed by atoms with Gasteiger partial charge in [-0.1, -0.05) is 35.9 Å². The highest BCUT2D eigenvalue weighted by molar-refractivity contribution is 5.80. The Morgan fingerprint density at radius 3 is 2.71 bits per heavy atom. The van der Waals surface area contributed by atoms with E-state index < -0.39 is 6.10 Å². The summed E-state index contributed by atoms with van der Waals surface area (Å²) in [4.78, 5) is 12.2. The van der Waals surface area contributed by atoms with E-state index in [2.05, 4.69) is 10.2 Å². The highest BCUT2D eigenvalue weighted by Crippen LogP contribution is 2.23. The van der Waals surface area contributed by atoms with Crippen LogP contribution in [0.25, 0.3) is 22.4 Å². The summed E-state index contributed by atoms with van der Waals surface area (Å²) in [5, 5.41) is 9.22. The Morgan fingerprint density at radius 2 is 1.89 bits per heavy atom. The number of aryl methyl sites for hydroxylation is 2. The zero-order valence-corrected chi connectivity index (χ0v) is 15.8. The first-order chi connectivity index (χ1) is 13.6. The van der Waals surface area contributed by atoms with E-state index in [0.717, 1.165) is 22.0 Å². The lowest BCUT2D eigenvalue weighted by molar-refractivity contribution is -0.149. The van der Waals surface area contributed by atoms with Gasteiger partial charge in [-0.2, -0.15) is 0 Å². The van der Waals surface area contributed by atoms with Crippen LogP contribution in [0.2, 0.25) is 0 Å². The Bertz CT molecular complexity index is 1100. The number of rotatable bonds is 6. The molecule has 6 nitrogen and oxygen atoms in total. The Labute approximate surface area is 162 Å². The van der Waals surface area contributed by atoms with E-state index in [9.17, 15) is 4.79 Å². The van der Waals surface area contributed by atoms with Gasteiger partial charge in [-0.05, 0) is 43.5 Å². The van der Waals surface area contributed by atoms with Gasteiger partial charge in [-0.25, -0.2) is 0 Å². The Kier molecular flexibility index (Phi) is 4.93. The van der Waals surface area contributed by atoms with Crippen molar-refractivity contribution in [2.75, 3.05) is 0 Å². The molecule has 0 aliphatic rings. The summed E-state index contributed by atoms with van der Waals surface area (Å²) in [7, 11) is 0. The minimum Gasteiger partial charge on any atom is -0.453 e. The van der Waals surface area contributed by atoms with Gasteiger partial charge in [-0.15, -0.1) is 10.2 Å². The number of ether oxygens (including phenoxy) is 1. The van der Waals surface area contributed by atoms with Crippen LogP contribution in [0, 0.1) is 6.92 Å². The fraction of sp³-hybridized carbons (Fsp3) is 0.227. The number of hydrogen-bond acceptors (Lipinski definition) is 5. The molecule has 0 saturated heterocycles. The fourth-order valence-corrected chi connectivity index (χ4v) is 3.07. The number of hydrogen-bond donors (Lipinski definition) is 0. The number of fused-ring (bicyclic) bond motifs is 1. The number of para-hydroxylation sites is 1. The summed E-state index contributed by atoms with van der Waals surface area (Å²) < 4.78 is 13.2. The van der Waals surface area contributed by atoms with Crippen LogP contribution in [0.1, 0.15) is 30.9 Å². The predicted octanol–water partition coefficient (Wildman–Crippen LogP) is 4.69. The van der Waals surface area contributed by atoms with Crippen LogP contribution in [0.3, 0.4) is 0 Å². The van der Waals surface area contributed by atoms with Crippen LogP contribution < -0.4 is 0 Å². The molecule has 2 aromatic heterocycles. The number of aromatic nitrogens is 3. The maximum atomic E-state index is 12.2. The van der Waals surface area contributed by atoms with E-state index in [0.29, 0.717) is 12.4 Å². The number of nitrogens with zero attached hydrogens (tertiary/aromatic N) is 3. The standard InChI is InChI=1S/C22H21N3O3/c1-15-7-9-18(10-8-15)22-24-23-21(28-22)16(2)27-20(26)12-14-25-13-11-17-5-3-4-6-19(17)25/h3-11,13,16H,12,14H2,1-2H3/t16-/m0/s1. The van der Waals surface area contributed by atoms with Crippen molar-refractivity contribution in [1.29, 1.82) is 0 Å². The first-order valence-electron chi connectivity index (χ1n) is 9.24. The summed E-state index contributed by atoms with van der Waals surface area (Å²) in [6.45, 7) is 4.30. The molecule has 142 valence electrons. The molecular formula is C22H21N3O3. The maximum absolute atomic E-state index is 12.2.